The first kappa shape index (κ1) is 15.3. The Morgan fingerprint density at radius 1 is 1.33 bits per heavy atom. The van der Waals surface area contributed by atoms with Crippen LogP contribution in [-0.4, -0.2) is 0 Å². The molecule has 1 heteroatoms. The molecule has 0 N–H and O–H groups in total. The minimum Gasteiger partial charge on any atom is -0.201 e. The predicted molar refractivity (Wildman–Crippen MR) is 74.7 cm³/mol. The molecule has 2 aromatic rings. The number of allylic oxidation sites excluding steroid dienone is 4. The number of hydrogen-bond donors (Lipinski definition) is 0. The predicted octanol–water partition coefficient (Wildman–Crippen LogP) is 4.73. The SMILES string of the molecule is C[C-]=C(/C=C\C)c1cc(C)cc2ccc[c-]c12.[Y]. The van der Waals surface area contributed by atoms with Crippen LogP contribution in [0.4, 0.5) is 0 Å². The van der Waals surface area contributed by atoms with Crippen LogP contribution < -0.4 is 0 Å². The quantitative estimate of drug-likeness (QED) is 0.556. The summed E-state index contributed by atoms with van der Waals surface area (Å²) in [4.78, 5) is 0. The van der Waals surface area contributed by atoms with E-state index < -0.39 is 0 Å². The molecule has 0 nitrogen and oxygen atoms in total. The van der Waals surface area contributed by atoms with Crippen molar-refractivity contribution in [1.82, 2.24) is 0 Å². The summed E-state index contributed by atoms with van der Waals surface area (Å²) in [6.45, 7) is 6.10. The van der Waals surface area contributed by atoms with Gasteiger partial charge in [-0.1, -0.05) is 31.5 Å². The first-order valence-corrected chi connectivity index (χ1v) is 5.85. The fourth-order valence-corrected chi connectivity index (χ4v) is 2.08. The Bertz CT molecular complexity index is 592. The van der Waals surface area contributed by atoms with E-state index in [0.717, 1.165) is 5.57 Å². The monoisotopic (exact) mass is 309 g/mol. The average Bonchev–Trinajstić information content (AvgIpc) is 2.35. The van der Waals surface area contributed by atoms with Gasteiger partial charge in [0.05, 0.1) is 0 Å². The molecule has 0 aliphatic rings. The fourth-order valence-electron chi connectivity index (χ4n) is 2.08. The van der Waals surface area contributed by atoms with Gasteiger partial charge >= 0.3 is 0 Å². The van der Waals surface area contributed by atoms with Crippen molar-refractivity contribution in [3.63, 3.8) is 0 Å². The van der Waals surface area contributed by atoms with Crippen molar-refractivity contribution in [1.29, 1.82) is 0 Å². The van der Waals surface area contributed by atoms with Crippen LogP contribution in [0.1, 0.15) is 25.0 Å². The van der Waals surface area contributed by atoms with Crippen LogP contribution in [0.5, 0.6) is 0 Å². The van der Waals surface area contributed by atoms with Gasteiger partial charge in [0.2, 0.25) is 0 Å². The van der Waals surface area contributed by atoms with Crippen molar-refractivity contribution in [3.05, 3.63) is 65.8 Å². The zero-order chi connectivity index (χ0) is 12.3. The summed E-state index contributed by atoms with van der Waals surface area (Å²) >= 11 is 0. The van der Waals surface area contributed by atoms with Gasteiger partial charge in [-0.25, -0.2) is 6.08 Å². The van der Waals surface area contributed by atoms with Crippen molar-refractivity contribution in [3.8, 4) is 0 Å². The second-order valence-corrected chi connectivity index (χ2v) is 4.11. The molecule has 0 bridgehead atoms. The largest absolute Gasteiger partial charge is 0.201 e. The van der Waals surface area contributed by atoms with Crippen molar-refractivity contribution in [2.24, 2.45) is 0 Å². The number of fused-ring (bicyclic) bond motifs is 1. The third kappa shape index (κ3) is 3.19. The summed E-state index contributed by atoms with van der Waals surface area (Å²) in [6, 6.07) is 13.8. The summed E-state index contributed by atoms with van der Waals surface area (Å²) in [5.74, 6) is 0. The standard InChI is InChI=1S/C17H16.Y/c1-4-8-14(5-2)17-12-13(3)11-15-9-6-7-10-16(15)17;/h4,6-9,11-12H,1-3H3;/q-2;/b8-4-;. The van der Waals surface area contributed by atoms with E-state index in [-0.39, 0.29) is 32.7 Å². The summed E-state index contributed by atoms with van der Waals surface area (Å²) in [6.07, 6.45) is 7.39. The van der Waals surface area contributed by atoms with E-state index in [1.807, 2.05) is 32.1 Å². The molecule has 0 saturated carbocycles. The normalized spacial score (nSPS) is 11.8. The van der Waals surface area contributed by atoms with Gasteiger partial charge in [-0.05, 0) is 6.92 Å². The van der Waals surface area contributed by atoms with E-state index in [1.54, 1.807) is 0 Å². The first-order valence-electron chi connectivity index (χ1n) is 5.85. The molecule has 89 valence electrons. The zero-order valence-corrected chi connectivity index (χ0v) is 14.0. The smallest absolute Gasteiger partial charge is 0 e. The van der Waals surface area contributed by atoms with E-state index in [0.29, 0.717) is 0 Å². The molecule has 0 spiro atoms. The van der Waals surface area contributed by atoms with E-state index in [1.165, 1.54) is 21.9 Å². The third-order valence-corrected chi connectivity index (χ3v) is 2.81. The second-order valence-electron chi connectivity index (χ2n) is 4.11. The second kappa shape index (κ2) is 7.02. The number of hydrogen-bond acceptors (Lipinski definition) is 0. The molecule has 0 heterocycles. The van der Waals surface area contributed by atoms with Crippen molar-refractivity contribution >= 4 is 16.3 Å². The molecule has 0 saturated heterocycles. The van der Waals surface area contributed by atoms with E-state index in [4.69, 9.17) is 0 Å². The maximum absolute atomic E-state index is 3.33. The van der Waals surface area contributed by atoms with E-state index >= 15 is 0 Å². The van der Waals surface area contributed by atoms with E-state index in [9.17, 15) is 0 Å². The number of benzene rings is 2. The molecule has 2 rings (SSSR count). The molecular weight excluding hydrogens is 293 g/mol. The molecule has 0 unspecified atom stereocenters. The van der Waals surface area contributed by atoms with Crippen molar-refractivity contribution in [2.45, 2.75) is 20.8 Å². The Morgan fingerprint density at radius 3 is 2.78 bits per heavy atom. The molecule has 0 aliphatic carbocycles. The van der Waals surface area contributed by atoms with Crippen molar-refractivity contribution < 1.29 is 32.7 Å². The Balaban J connectivity index is 0.00000162. The summed E-state index contributed by atoms with van der Waals surface area (Å²) in [5.41, 5.74) is 3.61. The maximum atomic E-state index is 3.33. The van der Waals surface area contributed by atoms with Crippen LogP contribution in [0, 0.1) is 19.1 Å². The Hall–Kier alpha value is -0.716. The van der Waals surface area contributed by atoms with Gasteiger partial charge < -0.3 is 0 Å². The van der Waals surface area contributed by atoms with Crippen molar-refractivity contribution in [2.75, 3.05) is 0 Å². The topological polar surface area (TPSA) is 0 Å². The zero-order valence-electron chi connectivity index (χ0n) is 11.1. The molecule has 0 aliphatic heterocycles. The number of rotatable bonds is 2. The molecule has 0 atom stereocenters. The molecule has 2 aromatic carbocycles. The molecular formula is C17H16Y-2. The maximum Gasteiger partial charge on any atom is 0 e. The fraction of sp³-hybridized carbons (Fsp3) is 0.176. The van der Waals surface area contributed by atoms with Crippen LogP contribution >= 0.6 is 0 Å². The summed E-state index contributed by atoms with van der Waals surface area (Å²) in [5, 5.41) is 2.40. The van der Waals surface area contributed by atoms with Gasteiger partial charge in [-0.3, -0.25) is 0 Å². The summed E-state index contributed by atoms with van der Waals surface area (Å²) in [7, 11) is 0. The first-order chi connectivity index (χ1) is 8.26. The minimum absolute atomic E-state index is 0. The van der Waals surface area contributed by atoms with Crippen LogP contribution in [-0.2, 0) is 32.7 Å². The Kier molecular flexibility index (Phi) is 5.98. The average molecular weight is 309 g/mol. The summed E-state index contributed by atoms with van der Waals surface area (Å²) < 4.78 is 0. The minimum atomic E-state index is 0. The van der Waals surface area contributed by atoms with Crippen LogP contribution in [0.15, 0.2) is 42.5 Å². The van der Waals surface area contributed by atoms with Crippen LogP contribution in [0.25, 0.3) is 16.3 Å². The van der Waals surface area contributed by atoms with Crippen LogP contribution in [0.3, 0.4) is 0 Å². The van der Waals surface area contributed by atoms with Gasteiger partial charge in [0.1, 0.15) is 0 Å². The Morgan fingerprint density at radius 2 is 2.11 bits per heavy atom. The Labute approximate surface area is 135 Å². The van der Waals surface area contributed by atoms with Crippen LogP contribution in [0.2, 0.25) is 0 Å². The van der Waals surface area contributed by atoms with Gasteiger partial charge in [0.15, 0.2) is 0 Å². The molecule has 0 aromatic heterocycles. The van der Waals surface area contributed by atoms with Gasteiger partial charge in [-0.2, -0.15) is 11.6 Å². The molecule has 1 radical (unpaired) electrons. The molecule has 18 heavy (non-hydrogen) atoms. The van der Waals surface area contributed by atoms with Gasteiger partial charge in [0.25, 0.3) is 0 Å². The van der Waals surface area contributed by atoms with Gasteiger partial charge in [-0.15, -0.1) is 46.7 Å². The van der Waals surface area contributed by atoms with E-state index in [2.05, 4.69) is 43.3 Å². The molecule has 0 fully saturated rings. The third-order valence-electron chi connectivity index (χ3n) is 2.81. The molecule has 0 amide bonds. The number of aryl methyl sites for hydroxylation is 1. The van der Waals surface area contributed by atoms with Gasteiger partial charge in [0, 0.05) is 32.7 Å².